The third-order valence-corrected chi connectivity index (χ3v) is 7.14. The molecule has 0 saturated heterocycles. The molecule has 4 rings (SSSR count). The molecule has 0 spiro atoms. The Morgan fingerprint density at radius 1 is 1.00 bits per heavy atom. The molecule has 2 aromatic carbocycles. The lowest BCUT2D eigenvalue weighted by molar-refractivity contribution is -0.115. The number of allylic oxidation sites excluding steroid dienone is 6. The molecule has 1 nitrogen and oxygen atoms in total. The molecule has 0 bridgehead atoms. The van der Waals surface area contributed by atoms with Crippen LogP contribution in [0.15, 0.2) is 91.1 Å². The van der Waals surface area contributed by atoms with Crippen LogP contribution in [0.5, 0.6) is 0 Å². The number of rotatable bonds is 9. The van der Waals surface area contributed by atoms with E-state index in [0.717, 1.165) is 19.3 Å². The van der Waals surface area contributed by atoms with Gasteiger partial charge in [-0.3, -0.25) is 4.79 Å². The van der Waals surface area contributed by atoms with E-state index in [1.165, 1.54) is 59.6 Å². The lowest BCUT2D eigenvalue weighted by Crippen LogP contribution is -2.20. The number of unbranched alkanes of at least 4 members (excludes halogenated alkanes) is 2. The number of carbonyl (C=O) groups is 1. The number of fused-ring (bicyclic) bond motifs is 1. The summed E-state index contributed by atoms with van der Waals surface area (Å²) < 4.78 is 0. The number of hydrogen-bond acceptors (Lipinski definition) is 1. The molecule has 2 aliphatic rings. The van der Waals surface area contributed by atoms with Crippen molar-refractivity contribution in [1.29, 1.82) is 0 Å². The van der Waals surface area contributed by atoms with E-state index in [1.807, 2.05) is 0 Å². The molecule has 1 fully saturated rings. The summed E-state index contributed by atoms with van der Waals surface area (Å²) in [5, 5.41) is 0. The highest BCUT2D eigenvalue weighted by atomic mass is 16.1. The van der Waals surface area contributed by atoms with Gasteiger partial charge in [-0.05, 0) is 72.3 Å². The van der Waals surface area contributed by atoms with Gasteiger partial charge in [0.15, 0.2) is 5.78 Å². The topological polar surface area (TPSA) is 17.1 Å². The minimum absolute atomic E-state index is 0.100. The Morgan fingerprint density at radius 3 is 2.42 bits per heavy atom. The molecule has 0 aromatic heterocycles. The predicted octanol–water partition coefficient (Wildman–Crippen LogP) is 8.38. The first-order valence-corrected chi connectivity index (χ1v) is 12.6. The van der Waals surface area contributed by atoms with E-state index in [-0.39, 0.29) is 11.7 Å². The Hall–Kier alpha value is -2.93. The van der Waals surface area contributed by atoms with Gasteiger partial charge in [-0.1, -0.05) is 111 Å². The number of aryl methyl sites for hydroxylation is 1. The highest BCUT2D eigenvalue weighted by molar-refractivity contribution is 5.94. The fourth-order valence-corrected chi connectivity index (χ4v) is 5.05. The molecule has 3 atom stereocenters. The van der Waals surface area contributed by atoms with Crippen LogP contribution in [-0.4, -0.2) is 5.78 Å². The summed E-state index contributed by atoms with van der Waals surface area (Å²) in [7, 11) is 0. The average molecular weight is 437 g/mol. The van der Waals surface area contributed by atoms with Gasteiger partial charge in [0.2, 0.25) is 0 Å². The van der Waals surface area contributed by atoms with Crippen molar-refractivity contribution in [3.8, 4) is 11.1 Å². The summed E-state index contributed by atoms with van der Waals surface area (Å²) >= 11 is 0. The lowest BCUT2D eigenvalue weighted by Gasteiger charge is -2.31. The van der Waals surface area contributed by atoms with E-state index in [1.54, 1.807) is 0 Å². The van der Waals surface area contributed by atoms with Gasteiger partial charge in [0, 0.05) is 0 Å². The summed E-state index contributed by atoms with van der Waals surface area (Å²) in [4.78, 5) is 11.9. The van der Waals surface area contributed by atoms with Crippen LogP contribution in [0.3, 0.4) is 0 Å². The Morgan fingerprint density at radius 2 is 1.73 bits per heavy atom. The molecule has 2 aromatic rings. The fourth-order valence-electron chi connectivity index (χ4n) is 5.05. The van der Waals surface area contributed by atoms with Crippen LogP contribution >= 0.6 is 0 Å². The molecule has 0 heterocycles. The largest absolute Gasteiger partial charge is 0.294 e. The number of benzene rings is 2. The summed E-state index contributed by atoms with van der Waals surface area (Å²) in [5.74, 6) is 1.07. The first-order valence-electron chi connectivity index (χ1n) is 12.6. The van der Waals surface area contributed by atoms with Crippen LogP contribution in [0, 0.1) is 17.8 Å². The molecule has 0 aliphatic heterocycles. The summed E-state index contributed by atoms with van der Waals surface area (Å²) in [6.07, 6.45) is 21.0. The van der Waals surface area contributed by atoms with Gasteiger partial charge >= 0.3 is 0 Å². The zero-order valence-electron chi connectivity index (χ0n) is 19.9. The second-order valence-corrected chi connectivity index (χ2v) is 9.53. The van der Waals surface area contributed by atoms with Gasteiger partial charge < -0.3 is 0 Å². The van der Waals surface area contributed by atoms with Crippen LogP contribution in [0.1, 0.15) is 56.6 Å². The zero-order chi connectivity index (χ0) is 23.0. The first kappa shape index (κ1) is 23.2. The third-order valence-electron chi connectivity index (χ3n) is 7.14. The molecule has 1 heteroatoms. The van der Waals surface area contributed by atoms with Crippen molar-refractivity contribution in [3.05, 3.63) is 102 Å². The molecule has 0 radical (unpaired) electrons. The van der Waals surface area contributed by atoms with Gasteiger partial charge in [0.05, 0.1) is 5.92 Å². The van der Waals surface area contributed by atoms with E-state index >= 15 is 0 Å². The quantitative estimate of drug-likeness (QED) is 0.219. The van der Waals surface area contributed by atoms with Crippen LogP contribution in [0.25, 0.3) is 17.2 Å². The molecular weight excluding hydrogens is 400 g/mol. The van der Waals surface area contributed by atoms with Gasteiger partial charge in [0.25, 0.3) is 0 Å². The maximum Gasteiger partial charge on any atom is 0.165 e. The minimum Gasteiger partial charge on any atom is -0.294 e. The van der Waals surface area contributed by atoms with Crippen LogP contribution in [-0.2, 0) is 11.2 Å². The van der Waals surface area contributed by atoms with E-state index in [9.17, 15) is 4.79 Å². The molecule has 0 N–H and O–H groups in total. The van der Waals surface area contributed by atoms with Crippen molar-refractivity contribution in [1.82, 2.24) is 0 Å². The second kappa shape index (κ2) is 11.3. The molecule has 170 valence electrons. The maximum atomic E-state index is 11.9. The lowest BCUT2D eigenvalue weighted by atomic mass is 9.73. The summed E-state index contributed by atoms with van der Waals surface area (Å²) in [6.45, 7) is 5.87. The zero-order valence-corrected chi connectivity index (χ0v) is 19.9. The van der Waals surface area contributed by atoms with E-state index in [2.05, 4.69) is 92.4 Å². The molecule has 3 unspecified atom stereocenters. The molecular formula is C32H36O. The average Bonchev–Trinajstić information content (AvgIpc) is 2.87. The summed E-state index contributed by atoms with van der Waals surface area (Å²) in [6, 6.07) is 18.0. The monoisotopic (exact) mass is 436 g/mol. The molecule has 2 aliphatic carbocycles. The first-order chi connectivity index (χ1) is 16.2. The Kier molecular flexibility index (Phi) is 7.94. The minimum atomic E-state index is -0.100. The number of ketones is 1. The Labute approximate surface area is 199 Å². The van der Waals surface area contributed by atoms with Crippen molar-refractivity contribution < 1.29 is 4.79 Å². The highest BCUT2D eigenvalue weighted by Crippen LogP contribution is 2.38. The van der Waals surface area contributed by atoms with Crippen molar-refractivity contribution in [3.63, 3.8) is 0 Å². The van der Waals surface area contributed by atoms with E-state index < -0.39 is 0 Å². The smallest absolute Gasteiger partial charge is 0.165 e. The van der Waals surface area contributed by atoms with Crippen LogP contribution in [0.2, 0.25) is 0 Å². The van der Waals surface area contributed by atoms with E-state index in [4.69, 9.17) is 0 Å². The fraction of sp³-hybridized carbons (Fsp3) is 0.344. The van der Waals surface area contributed by atoms with Crippen molar-refractivity contribution in [2.24, 2.45) is 17.8 Å². The molecule has 33 heavy (non-hydrogen) atoms. The standard InChI is InChI=1S/C32H36O/c1-3-5-6-7-24-10-15-27(16-11-24)28-17-12-25(13-18-28)8-9-26-14-19-30-23-31(32(33)4-2)21-20-29(30)22-26/h4,8-13,15-18,20-21,23,26,29,31H,2-3,5-7,14,19,22H2,1H3. The van der Waals surface area contributed by atoms with Gasteiger partial charge in [-0.2, -0.15) is 0 Å². The number of carbonyl (C=O) groups excluding carboxylic acids is 1. The summed E-state index contributed by atoms with van der Waals surface area (Å²) in [5.41, 5.74) is 6.69. The van der Waals surface area contributed by atoms with Crippen molar-refractivity contribution in [2.75, 3.05) is 0 Å². The second-order valence-electron chi connectivity index (χ2n) is 9.53. The Bertz CT molecular complexity index is 1030. The SMILES string of the molecule is C=CC(=O)C1C=CC2CC(C=Cc3ccc(-c4ccc(CCCCC)cc4)cc3)CCC2=C1. The molecule has 0 amide bonds. The number of hydrogen-bond donors (Lipinski definition) is 0. The highest BCUT2D eigenvalue weighted by Gasteiger charge is 2.27. The normalized spacial score (nSPS) is 22.1. The van der Waals surface area contributed by atoms with Gasteiger partial charge in [-0.15, -0.1) is 0 Å². The van der Waals surface area contributed by atoms with Crippen molar-refractivity contribution in [2.45, 2.75) is 51.9 Å². The Balaban J connectivity index is 1.32. The van der Waals surface area contributed by atoms with Crippen molar-refractivity contribution >= 4 is 11.9 Å². The predicted molar refractivity (Wildman–Crippen MR) is 141 cm³/mol. The molecule has 1 saturated carbocycles. The van der Waals surface area contributed by atoms with Gasteiger partial charge in [-0.25, -0.2) is 0 Å². The third kappa shape index (κ3) is 6.11. The van der Waals surface area contributed by atoms with E-state index in [0.29, 0.717) is 11.8 Å². The maximum absolute atomic E-state index is 11.9. The van der Waals surface area contributed by atoms with Crippen LogP contribution < -0.4 is 0 Å². The van der Waals surface area contributed by atoms with Crippen LogP contribution in [0.4, 0.5) is 0 Å². The van der Waals surface area contributed by atoms with Gasteiger partial charge in [0.1, 0.15) is 0 Å².